The van der Waals surface area contributed by atoms with Gasteiger partial charge in [0.15, 0.2) is 22.8 Å². The fourth-order valence-corrected chi connectivity index (χ4v) is 4.55. The van der Waals surface area contributed by atoms with Gasteiger partial charge in [-0.25, -0.2) is 0 Å². The number of benzene rings is 3. The van der Waals surface area contributed by atoms with Gasteiger partial charge in [-0.3, -0.25) is 9.59 Å². The van der Waals surface area contributed by atoms with Crippen LogP contribution in [-0.2, 0) is 17.6 Å². The van der Waals surface area contributed by atoms with Gasteiger partial charge in [-0.15, -0.1) is 0 Å². The first-order valence-corrected chi connectivity index (χ1v) is 13.2. The molecule has 2 N–H and O–H groups in total. The molecule has 7 nitrogen and oxygen atoms in total. The van der Waals surface area contributed by atoms with Crippen molar-refractivity contribution in [1.29, 1.82) is 0 Å². The molecule has 1 amide bonds. The molecule has 1 heterocycles. The van der Waals surface area contributed by atoms with Gasteiger partial charge in [-0.2, -0.15) is 0 Å². The van der Waals surface area contributed by atoms with Crippen LogP contribution in [0.25, 0.3) is 11.0 Å². The number of rotatable bonds is 12. The highest BCUT2D eigenvalue weighted by atomic mass is 16.5. The zero-order chi connectivity index (χ0) is 28.6. The highest BCUT2D eigenvalue weighted by Gasteiger charge is 2.20. The normalized spacial score (nSPS) is 12.2. The summed E-state index contributed by atoms with van der Waals surface area (Å²) < 4.78 is 22.9. The average Bonchev–Trinajstić information content (AvgIpc) is 3.41. The van der Waals surface area contributed by atoms with Gasteiger partial charge in [-0.05, 0) is 61.6 Å². The number of nitrogens with one attached hydrogen (secondary N) is 1. The summed E-state index contributed by atoms with van der Waals surface area (Å²) in [4.78, 5) is 22.7. The standard InChI is InChI=1S/C33H35NO6/c1-21(18-32(36)34-16-15-24-11-13-28(37-4)31(19-24)38-5)17-26-12-14-29(33-27(26)20-30(40-33)22(2)35)39-23(3)25-9-7-6-8-10-25/h6-14,18-20,23H,15-17H2,1-5H3,(H,34,36)/p+1/b21-18+. The maximum atomic E-state index is 12.6. The lowest BCUT2D eigenvalue weighted by molar-refractivity contribution is -0.116. The Hall–Kier alpha value is -4.52. The van der Waals surface area contributed by atoms with Crippen LogP contribution < -0.4 is 19.5 Å². The Morgan fingerprint density at radius 2 is 1.70 bits per heavy atom. The minimum atomic E-state index is -0.188. The molecule has 0 spiro atoms. The molecule has 1 unspecified atom stereocenters. The smallest absolute Gasteiger partial charge is 0.355 e. The highest BCUT2D eigenvalue weighted by Crippen LogP contribution is 2.35. The summed E-state index contributed by atoms with van der Waals surface area (Å²) in [6.45, 7) is 5.98. The monoisotopic (exact) mass is 542 g/mol. The molecule has 0 aliphatic carbocycles. The second kappa shape index (κ2) is 13.0. The number of carbonyl (C=O) groups is 1. The molecule has 0 radical (unpaired) electrons. The van der Waals surface area contributed by atoms with E-state index in [-0.39, 0.29) is 17.8 Å². The van der Waals surface area contributed by atoms with Crippen molar-refractivity contribution < 1.29 is 28.2 Å². The molecule has 0 aliphatic heterocycles. The van der Waals surface area contributed by atoms with Crippen LogP contribution in [0, 0.1) is 0 Å². The van der Waals surface area contributed by atoms with Gasteiger partial charge in [-0.1, -0.05) is 48.0 Å². The molecule has 0 bridgehead atoms. The molecule has 4 rings (SSSR count). The van der Waals surface area contributed by atoms with E-state index < -0.39 is 0 Å². The van der Waals surface area contributed by atoms with Gasteiger partial charge in [0.05, 0.1) is 21.1 Å². The van der Waals surface area contributed by atoms with Crippen molar-refractivity contribution in [3.63, 3.8) is 0 Å². The van der Waals surface area contributed by atoms with Crippen LogP contribution in [0.15, 0.2) is 82.8 Å². The van der Waals surface area contributed by atoms with Crippen molar-refractivity contribution in [3.05, 3.63) is 101 Å². The van der Waals surface area contributed by atoms with E-state index in [1.54, 1.807) is 27.2 Å². The van der Waals surface area contributed by atoms with Crippen molar-refractivity contribution in [2.75, 3.05) is 20.8 Å². The van der Waals surface area contributed by atoms with Gasteiger partial charge in [0, 0.05) is 24.1 Å². The first-order chi connectivity index (χ1) is 19.3. The largest absolute Gasteiger partial charge is 0.493 e. The minimum Gasteiger partial charge on any atom is -0.493 e. The van der Waals surface area contributed by atoms with Gasteiger partial charge in [0.1, 0.15) is 6.10 Å². The summed E-state index contributed by atoms with van der Waals surface area (Å²) in [7, 11) is 3.20. The summed E-state index contributed by atoms with van der Waals surface area (Å²) in [5.41, 5.74) is 4.52. The van der Waals surface area contributed by atoms with E-state index in [2.05, 4.69) is 5.32 Å². The Morgan fingerprint density at radius 3 is 2.40 bits per heavy atom. The predicted molar refractivity (Wildman–Crippen MR) is 157 cm³/mol. The highest BCUT2D eigenvalue weighted by molar-refractivity contribution is 5.98. The number of furan rings is 1. The second-order valence-corrected chi connectivity index (χ2v) is 9.73. The Morgan fingerprint density at radius 1 is 0.975 bits per heavy atom. The second-order valence-electron chi connectivity index (χ2n) is 9.73. The van der Waals surface area contributed by atoms with E-state index >= 15 is 0 Å². The van der Waals surface area contributed by atoms with Crippen molar-refractivity contribution in [2.45, 2.75) is 39.7 Å². The molecule has 40 heavy (non-hydrogen) atoms. The van der Waals surface area contributed by atoms with Crippen LogP contribution in [0.4, 0.5) is 0 Å². The summed E-state index contributed by atoms with van der Waals surface area (Å²) in [5.74, 6) is 2.25. The first kappa shape index (κ1) is 28.5. The first-order valence-electron chi connectivity index (χ1n) is 13.2. The Balaban J connectivity index is 1.45. The van der Waals surface area contributed by atoms with E-state index in [1.165, 1.54) is 0 Å². The predicted octanol–water partition coefficient (Wildman–Crippen LogP) is 6.35. The molecular weight excluding hydrogens is 506 g/mol. The lowest BCUT2D eigenvalue weighted by Gasteiger charge is -2.16. The summed E-state index contributed by atoms with van der Waals surface area (Å²) >= 11 is 0. The maximum Gasteiger partial charge on any atom is 0.355 e. The van der Waals surface area contributed by atoms with Crippen LogP contribution in [0.2, 0.25) is 0 Å². The van der Waals surface area contributed by atoms with Gasteiger partial charge in [0.25, 0.3) is 0 Å². The van der Waals surface area contributed by atoms with Crippen molar-refractivity contribution >= 4 is 22.7 Å². The molecule has 1 atom stereocenters. The summed E-state index contributed by atoms with van der Waals surface area (Å²) in [6.07, 6.45) is 2.63. The third-order valence-corrected chi connectivity index (χ3v) is 6.67. The maximum absolute atomic E-state index is 12.6. The van der Waals surface area contributed by atoms with E-state index in [9.17, 15) is 9.59 Å². The molecule has 0 fully saturated rings. The van der Waals surface area contributed by atoms with Gasteiger partial charge >= 0.3 is 5.78 Å². The number of methoxy groups -OCH3 is 2. The fraction of sp³-hybridized carbons (Fsp3) is 0.273. The number of allylic oxidation sites excluding steroid dienone is 1. The zero-order valence-corrected chi connectivity index (χ0v) is 23.6. The number of hydrogen-bond acceptors (Lipinski definition) is 5. The lowest BCUT2D eigenvalue weighted by atomic mass is 10.0. The van der Waals surface area contributed by atoms with E-state index in [4.69, 9.17) is 18.6 Å². The van der Waals surface area contributed by atoms with Crippen molar-refractivity contribution in [2.24, 2.45) is 0 Å². The van der Waals surface area contributed by atoms with E-state index in [0.717, 1.165) is 27.6 Å². The SMILES string of the molecule is COc1ccc(CCNC(=O)/C=C(\C)Cc2ccc(OC(C)c3ccccc3)c3oc(C(C)=[OH+])cc23)cc1OC. The van der Waals surface area contributed by atoms with E-state index in [0.29, 0.717) is 48.0 Å². The molecule has 208 valence electrons. The summed E-state index contributed by atoms with van der Waals surface area (Å²) in [6, 6.07) is 21.4. The molecular formula is C33H36NO6+. The van der Waals surface area contributed by atoms with Gasteiger partial charge < -0.3 is 23.9 Å². The Labute approximate surface area is 234 Å². The fourth-order valence-electron chi connectivity index (χ4n) is 4.55. The Kier molecular flexibility index (Phi) is 9.27. The van der Waals surface area contributed by atoms with Crippen LogP contribution in [0.5, 0.6) is 17.2 Å². The molecule has 3 aromatic carbocycles. The van der Waals surface area contributed by atoms with Crippen LogP contribution >= 0.6 is 0 Å². The average molecular weight is 543 g/mol. The number of hydrogen-bond donors (Lipinski definition) is 1. The number of carbonyl (C=O) groups excluding carboxylic acids is 2. The van der Waals surface area contributed by atoms with Gasteiger partial charge in [0.2, 0.25) is 11.7 Å². The number of fused-ring (bicyclic) bond motifs is 1. The molecule has 0 saturated carbocycles. The molecule has 0 saturated heterocycles. The molecule has 4 aromatic rings. The quantitative estimate of drug-likeness (QED) is 0.128. The molecule has 7 heteroatoms. The minimum absolute atomic E-state index is 0.0883. The van der Waals surface area contributed by atoms with Crippen molar-refractivity contribution in [3.8, 4) is 17.2 Å². The number of ketones is 1. The molecule has 1 aromatic heterocycles. The van der Waals surface area contributed by atoms with Crippen LogP contribution in [0.1, 0.15) is 49.3 Å². The zero-order valence-electron chi connectivity index (χ0n) is 23.6. The van der Waals surface area contributed by atoms with Crippen LogP contribution in [-0.4, -0.2) is 37.2 Å². The molecule has 0 aliphatic rings. The van der Waals surface area contributed by atoms with Crippen LogP contribution in [0.3, 0.4) is 0 Å². The van der Waals surface area contributed by atoms with E-state index in [1.807, 2.05) is 80.6 Å². The number of amides is 1. The lowest BCUT2D eigenvalue weighted by Crippen LogP contribution is -2.24. The third kappa shape index (κ3) is 6.91. The third-order valence-electron chi connectivity index (χ3n) is 6.67. The Bertz CT molecular complexity index is 1520. The number of ether oxygens (including phenoxy) is 3. The van der Waals surface area contributed by atoms with Crippen molar-refractivity contribution in [1.82, 2.24) is 5.32 Å². The topological polar surface area (TPSA) is 91.3 Å². The summed E-state index contributed by atoms with van der Waals surface area (Å²) in [5, 5.41) is 3.79.